The molecule has 1 atom stereocenters. The van der Waals surface area contributed by atoms with Gasteiger partial charge in [0.15, 0.2) is 0 Å². The van der Waals surface area contributed by atoms with Crippen LogP contribution in [0, 0.1) is 45.6 Å². The Morgan fingerprint density at radius 2 is 1.94 bits per heavy atom. The molecular weight excluding hydrogens is 416 g/mol. The van der Waals surface area contributed by atoms with Crippen LogP contribution in [-0.2, 0) is 0 Å². The highest BCUT2D eigenvalue weighted by atomic mass is 32.1. The molecule has 4 rings (SSSR count). The van der Waals surface area contributed by atoms with Gasteiger partial charge in [0, 0.05) is 29.3 Å². The first kappa shape index (κ1) is 20.0. The number of nitro groups is 1. The van der Waals surface area contributed by atoms with Crippen LogP contribution < -0.4 is 5.56 Å². The van der Waals surface area contributed by atoms with Gasteiger partial charge in [-0.2, -0.15) is 15.2 Å². The first-order valence-electron chi connectivity index (χ1n) is 9.15. The number of nitriles is 2. The predicted molar refractivity (Wildman–Crippen MR) is 114 cm³/mol. The molecule has 0 saturated carbocycles. The molecule has 0 aliphatic heterocycles. The van der Waals surface area contributed by atoms with Crippen molar-refractivity contribution >= 4 is 27.2 Å². The van der Waals surface area contributed by atoms with Gasteiger partial charge in [0.25, 0.3) is 11.2 Å². The molecule has 0 unspecified atom stereocenters. The number of benzene rings is 2. The van der Waals surface area contributed by atoms with E-state index < -0.39 is 22.3 Å². The zero-order chi connectivity index (χ0) is 22.1. The Hall–Kier alpha value is -4.28. The number of aromatic amines is 1. The van der Waals surface area contributed by atoms with Gasteiger partial charge in [0.1, 0.15) is 5.92 Å². The normalized spacial score (nSPS) is 11.9. The average Bonchev–Trinajstić information content (AvgIpc) is 3.32. The first-order chi connectivity index (χ1) is 14.9. The lowest BCUT2D eigenvalue weighted by Crippen LogP contribution is -2.23. The molecule has 31 heavy (non-hydrogen) atoms. The highest BCUT2D eigenvalue weighted by molar-refractivity contribution is 7.20. The Morgan fingerprint density at radius 3 is 2.61 bits per heavy atom. The summed E-state index contributed by atoms with van der Waals surface area (Å²) in [5.74, 6) is -2.18. The summed E-state index contributed by atoms with van der Waals surface area (Å²) in [6.07, 6.45) is 0. The summed E-state index contributed by atoms with van der Waals surface area (Å²) in [7, 11) is 0. The molecule has 1 N–H and O–H groups in total. The number of hydrogen-bond donors (Lipinski definition) is 1. The second-order valence-electron chi connectivity index (χ2n) is 6.82. The molecule has 0 amide bonds. The van der Waals surface area contributed by atoms with Crippen LogP contribution >= 0.6 is 11.3 Å². The highest BCUT2D eigenvalue weighted by Crippen LogP contribution is 2.34. The van der Waals surface area contributed by atoms with Crippen LogP contribution in [0.2, 0.25) is 0 Å². The second-order valence-corrected chi connectivity index (χ2v) is 7.83. The Balaban J connectivity index is 1.92. The van der Waals surface area contributed by atoms with Crippen LogP contribution in [0.15, 0.2) is 53.3 Å². The van der Waals surface area contributed by atoms with Crippen LogP contribution in [0.3, 0.4) is 0 Å². The van der Waals surface area contributed by atoms with Crippen molar-refractivity contribution in [1.29, 1.82) is 10.5 Å². The van der Waals surface area contributed by atoms with Gasteiger partial charge in [-0.1, -0.05) is 35.6 Å². The van der Waals surface area contributed by atoms with Crippen LogP contribution in [0.5, 0.6) is 0 Å². The van der Waals surface area contributed by atoms with E-state index in [1.807, 2.05) is 36.4 Å². The summed E-state index contributed by atoms with van der Waals surface area (Å²) >= 11 is 1.32. The molecule has 0 saturated heterocycles. The number of aromatic nitrogens is 3. The maximum atomic E-state index is 13.4. The van der Waals surface area contributed by atoms with Gasteiger partial charge in [-0.15, -0.1) is 0 Å². The molecule has 152 valence electrons. The fourth-order valence-electron chi connectivity index (χ4n) is 3.55. The number of hydrogen-bond acceptors (Lipinski definition) is 7. The maximum absolute atomic E-state index is 13.4. The summed E-state index contributed by atoms with van der Waals surface area (Å²) in [6.45, 7) is 1.66. The van der Waals surface area contributed by atoms with Gasteiger partial charge in [-0.25, -0.2) is 4.98 Å². The minimum Gasteiger partial charge on any atom is -0.293 e. The summed E-state index contributed by atoms with van der Waals surface area (Å²) in [4.78, 5) is 28.5. The van der Waals surface area contributed by atoms with E-state index in [1.165, 1.54) is 34.2 Å². The standard InChI is InChI=1S/C21H14N6O3S/c1-12-18(19(14(10-22)11-23)13-5-4-6-15(9-13)27(29)30)20(28)26(25-12)21-24-16-7-2-3-8-17(16)31-21/h2-9,14,19,25H,1H3/t19-/m1/s1. The maximum Gasteiger partial charge on any atom is 0.277 e. The van der Waals surface area contributed by atoms with Crippen molar-refractivity contribution in [2.45, 2.75) is 12.8 Å². The number of non-ortho nitro benzene ring substituents is 1. The van der Waals surface area contributed by atoms with E-state index >= 15 is 0 Å². The van der Waals surface area contributed by atoms with Gasteiger partial charge >= 0.3 is 0 Å². The number of nitro benzene ring substituents is 1. The van der Waals surface area contributed by atoms with Gasteiger partial charge < -0.3 is 0 Å². The topological polar surface area (TPSA) is 141 Å². The molecule has 0 fully saturated rings. The molecule has 2 aromatic carbocycles. The number of rotatable bonds is 5. The largest absolute Gasteiger partial charge is 0.293 e. The van der Waals surface area contributed by atoms with E-state index in [1.54, 1.807) is 13.0 Å². The lowest BCUT2D eigenvalue weighted by molar-refractivity contribution is -0.384. The van der Waals surface area contributed by atoms with Crippen molar-refractivity contribution in [2.75, 3.05) is 0 Å². The second kappa shape index (κ2) is 7.86. The van der Waals surface area contributed by atoms with E-state index in [0.29, 0.717) is 16.4 Å². The van der Waals surface area contributed by atoms with Crippen molar-refractivity contribution < 1.29 is 4.92 Å². The number of aryl methyl sites for hydroxylation is 1. The molecule has 0 radical (unpaired) electrons. The van der Waals surface area contributed by atoms with Crippen LogP contribution in [-0.4, -0.2) is 19.7 Å². The number of para-hydroxylation sites is 1. The van der Waals surface area contributed by atoms with E-state index in [-0.39, 0.29) is 11.3 Å². The SMILES string of the molecule is Cc1[nH]n(-c2nc3ccccc3s2)c(=O)c1[C@H](c1cccc([N+](=O)[O-])c1)C(C#N)C#N. The molecule has 9 nitrogen and oxygen atoms in total. The Bertz CT molecular complexity index is 1410. The Morgan fingerprint density at radius 1 is 1.19 bits per heavy atom. The smallest absolute Gasteiger partial charge is 0.277 e. The van der Waals surface area contributed by atoms with Crippen molar-refractivity contribution in [3.05, 3.63) is 85.8 Å². The molecule has 2 aromatic heterocycles. The summed E-state index contributed by atoms with van der Waals surface area (Å²) < 4.78 is 2.19. The van der Waals surface area contributed by atoms with Gasteiger partial charge in [-0.05, 0) is 24.6 Å². The number of fused-ring (bicyclic) bond motifs is 1. The van der Waals surface area contributed by atoms with Crippen LogP contribution in [0.4, 0.5) is 5.69 Å². The van der Waals surface area contributed by atoms with Crippen molar-refractivity contribution in [3.63, 3.8) is 0 Å². The van der Waals surface area contributed by atoms with E-state index in [4.69, 9.17) is 0 Å². The van der Waals surface area contributed by atoms with Crippen molar-refractivity contribution in [3.8, 4) is 17.3 Å². The molecule has 4 aromatic rings. The molecule has 2 heterocycles. The molecule has 0 aliphatic rings. The highest BCUT2D eigenvalue weighted by Gasteiger charge is 2.32. The predicted octanol–water partition coefficient (Wildman–Crippen LogP) is 3.79. The lowest BCUT2D eigenvalue weighted by atomic mass is 9.82. The van der Waals surface area contributed by atoms with E-state index in [2.05, 4.69) is 10.1 Å². The fraction of sp³-hybridized carbons (Fsp3) is 0.143. The van der Waals surface area contributed by atoms with E-state index in [9.17, 15) is 25.4 Å². The monoisotopic (exact) mass is 430 g/mol. The van der Waals surface area contributed by atoms with E-state index in [0.717, 1.165) is 10.2 Å². The summed E-state index contributed by atoms with van der Waals surface area (Å²) in [5, 5.41) is 33.8. The molecule has 10 heteroatoms. The quantitative estimate of drug-likeness (QED) is 0.377. The van der Waals surface area contributed by atoms with Gasteiger partial charge in [0.05, 0.1) is 27.3 Å². The molecule has 0 aliphatic carbocycles. The van der Waals surface area contributed by atoms with Crippen molar-refractivity contribution in [1.82, 2.24) is 14.8 Å². The first-order valence-corrected chi connectivity index (χ1v) is 9.97. The minimum atomic E-state index is -1.21. The third-order valence-electron chi connectivity index (χ3n) is 4.95. The van der Waals surface area contributed by atoms with Gasteiger partial charge in [0.2, 0.25) is 5.13 Å². The summed E-state index contributed by atoms with van der Waals surface area (Å²) in [5.41, 5.74) is 1.10. The average molecular weight is 430 g/mol. The lowest BCUT2D eigenvalue weighted by Gasteiger charge is -2.16. The van der Waals surface area contributed by atoms with Crippen LogP contribution in [0.25, 0.3) is 15.3 Å². The number of H-pyrrole nitrogens is 1. The number of nitrogens with one attached hydrogen (secondary N) is 1. The molecular formula is C21H14N6O3S. The van der Waals surface area contributed by atoms with Gasteiger partial charge in [-0.3, -0.25) is 20.0 Å². The molecule has 0 spiro atoms. The zero-order valence-corrected chi connectivity index (χ0v) is 17.0. The third-order valence-corrected chi connectivity index (χ3v) is 5.98. The zero-order valence-electron chi connectivity index (χ0n) is 16.1. The Kier molecular flexibility index (Phi) is 5.07. The third kappa shape index (κ3) is 3.45. The Labute approximate surface area is 179 Å². The van der Waals surface area contributed by atoms with Crippen LogP contribution in [0.1, 0.15) is 22.7 Å². The number of nitrogens with zero attached hydrogens (tertiary/aromatic N) is 5. The molecule has 0 bridgehead atoms. The minimum absolute atomic E-state index is 0.184. The number of thiazole rings is 1. The van der Waals surface area contributed by atoms with Crippen molar-refractivity contribution in [2.24, 2.45) is 5.92 Å². The summed E-state index contributed by atoms with van der Waals surface area (Å²) in [6, 6.07) is 16.9. The fourth-order valence-corrected chi connectivity index (χ4v) is 4.48.